The normalized spacial score (nSPS) is 18.0. The number of β-lactam (4-membered cyclic amide) rings is 1. The molecular formula is C30H26ClNO6S. The van der Waals surface area contributed by atoms with E-state index in [4.69, 9.17) is 11.6 Å². The maximum atomic E-state index is 13.3. The van der Waals surface area contributed by atoms with Crippen LogP contribution in [0.25, 0.3) is 11.1 Å². The van der Waals surface area contributed by atoms with Crippen LogP contribution in [0.4, 0.5) is 5.69 Å². The van der Waals surface area contributed by atoms with Crippen LogP contribution >= 0.6 is 11.6 Å². The van der Waals surface area contributed by atoms with Gasteiger partial charge >= 0.3 is 0 Å². The van der Waals surface area contributed by atoms with E-state index >= 15 is 0 Å². The summed E-state index contributed by atoms with van der Waals surface area (Å²) < 4.78 is 31.9. The Kier molecular flexibility index (Phi) is 7.46. The molecule has 200 valence electrons. The molecule has 4 aromatic rings. The lowest BCUT2D eigenvalue weighted by Gasteiger charge is -2.48. The Morgan fingerprint density at radius 1 is 0.897 bits per heavy atom. The number of hydrogen-bond acceptors (Lipinski definition) is 5. The fourth-order valence-corrected chi connectivity index (χ4v) is 5.85. The number of halogens is 1. The number of para-hydroxylation sites is 1. The third kappa shape index (κ3) is 5.42. The molecule has 1 heterocycles. The number of amides is 1. The SMILES string of the molecule is O=C1C(CCC(O)c2ccccc2Cl)C(c2ccc(-c3ccc(S(=O)(=O)O)cc3)c(O)c2)N1c1ccccc1. The fraction of sp³-hybridized carbons (Fsp3) is 0.167. The molecule has 9 heteroatoms. The van der Waals surface area contributed by atoms with Gasteiger partial charge in [-0.1, -0.05) is 72.3 Å². The van der Waals surface area contributed by atoms with Crippen LogP contribution in [0.15, 0.2) is 102 Å². The molecule has 3 N–H and O–H groups in total. The summed E-state index contributed by atoms with van der Waals surface area (Å²) >= 11 is 6.25. The summed E-state index contributed by atoms with van der Waals surface area (Å²) in [4.78, 5) is 14.8. The molecule has 5 rings (SSSR count). The summed E-state index contributed by atoms with van der Waals surface area (Å²) in [5, 5.41) is 22.2. The summed E-state index contributed by atoms with van der Waals surface area (Å²) in [5.41, 5.74) is 3.12. The average Bonchev–Trinajstić information content (AvgIpc) is 2.92. The number of nitrogens with zero attached hydrogens (tertiary/aromatic N) is 1. The van der Waals surface area contributed by atoms with Crippen molar-refractivity contribution in [2.75, 3.05) is 4.90 Å². The first kappa shape index (κ1) is 26.9. The predicted molar refractivity (Wildman–Crippen MR) is 149 cm³/mol. The molecule has 1 aliphatic heterocycles. The van der Waals surface area contributed by atoms with Crippen molar-refractivity contribution in [1.29, 1.82) is 0 Å². The highest BCUT2D eigenvalue weighted by molar-refractivity contribution is 7.85. The van der Waals surface area contributed by atoms with Crippen LogP contribution in [0.2, 0.25) is 5.02 Å². The summed E-state index contributed by atoms with van der Waals surface area (Å²) in [6.07, 6.45) is -0.0677. The second kappa shape index (κ2) is 10.8. The molecule has 0 radical (unpaired) electrons. The molecule has 0 spiro atoms. The molecular weight excluding hydrogens is 538 g/mol. The van der Waals surface area contributed by atoms with Crippen molar-refractivity contribution in [1.82, 2.24) is 0 Å². The Morgan fingerprint density at radius 2 is 1.56 bits per heavy atom. The Balaban J connectivity index is 1.43. The maximum Gasteiger partial charge on any atom is 0.294 e. The van der Waals surface area contributed by atoms with Gasteiger partial charge in [0.05, 0.1) is 23.0 Å². The number of aliphatic hydroxyl groups excluding tert-OH is 1. The number of carbonyl (C=O) groups excluding carboxylic acids is 1. The predicted octanol–water partition coefficient (Wildman–Crippen LogP) is 6.18. The zero-order chi connectivity index (χ0) is 27.7. The van der Waals surface area contributed by atoms with Gasteiger partial charge in [-0.3, -0.25) is 9.35 Å². The molecule has 0 saturated carbocycles. The zero-order valence-corrected chi connectivity index (χ0v) is 22.3. The van der Waals surface area contributed by atoms with Crippen LogP contribution < -0.4 is 4.90 Å². The van der Waals surface area contributed by atoms with Gasteiger partial charge in [-0.15, -0.1) is 0 Å². The van der Waals surface area contributed by atoms with Gasteiger partial charge in [0.1, 0.15) is 5.75 Å². The number of benzene rings is 4. The van der Waals surface area contributed by atoms with E-state index in [0.717, 1.165) is 11.3 Å². The zero-order valence-electron chi connectivity index (χ0n) is 20.7. The molecule has 1 aliphatic rings. The summed E-state index contributed by atoms with van der Waals surface area (Å²) in [6.45, 7) is 0. The van der Waals surface area contributed by atoms with Crippen LogP contribution in [-0.2, 0) is 14.9 Å². The lowest BCUT2D eigenvalue weighted by atomic mass is 9.78. The van der Waals surface area contributed by atoms with Crippen LogP contribution in [0, 0.1) is 5.92 Å². The standard InChI is InChI=1S/C30H26ClNO6S/c31-26-9-5-4-8-24(26)27(33)17-16-25-29(32(30(25)35)21-6-2-1-3-7-21)20-12-15-23(28(34)18-20)19-10-13-22(14-11-19)39(36,37)38/h1-15,18,25,27,29,33-34H,16-17H2,(H,36,37,38). The van der Waals surface area contributed by atoms with Gasteiger partial charge < -0.3 is 15.1 Å². The molecule has 0 aromatic heterocycles. The number of aliphatic hydroxyl groups is 1. The molecule has 0 bridgehead atoms. The number of hydrogen-bond donors (Lipinski definition) is 3. The summed E-state index contributed by atoms with van der Waals surface area (Å²) in [7, 11) is -4.33. The van der Waals surface area contributed by atoms with Gasteiger partial charge in [0, 0.05) is 16.3 Å². The van der Waals surface area contributed by atoms with E-state index in [2.05, 4.69) is 0 Å². The first-order chi connectivity index (χ1) is 18.6. The topological polar surface area (TPSA) is 115 Å². The van der Waals surface area contributed by atoms with Crippen LogP contribution in [-0.4, -0.2) is 29.1 Å². The van der Waals surface area contributed by atoms with E-state index in [0.29, 0.717) is 34.6 Å². The maximum absolute atomic E-state index is 13.3. The molecule has 7 nitrogen and oxygen atoms in total. The lowest BCUT2D eigenvalue weighted by Crippen LogP contribution is -2.55. The molecule has 1 fully saturated rings. The highest BCUT2D eigenvalue weighted by Gasteiger charge is 2.48. The smallest absolute Gasteiger partial charge is 0.294 e. The van der Waals surface area contributed by atoms with Crippen LogP contribution in [0.1, 0.15) is 36.1 Å². The average molecular weight is 564 g/mol. The molecule has 3 unspecified atom stereocenters. The quantitative estimate of drug-likeness (QED) is 0.174. The van der Waals surface area contributed by atoms with Gasteiger partial charge in [-0.05, 0) is 65.9 Å². The van der Waals surface area contributed by atoms with E-state index in [1.165, 1.54) is 24.3 Å². The van der Waals surface area contributed by atoms with Crippen molar-refractivity contribution in [3.05, 3.63) is 113 Å². The number of carbonyl (C=O) groups is 1. The number of aromatic hydroxyl groups is 1. The second-order valence-electron chi connectivity index (χ2n) is 9.49. The van der Waals surface area contributed by atoms with Crippen LogP contribution in [0.3, 0.4) is 0 Å². The van der Waals surface area contributed by atoms with Crippen molar-refractivity contribution in [3.8, 4) is 16.9 Å². The van der Waals surface area contributed by atoms with E-state index in [-0.39, 0.29) is 22.6 Å². The highest BCUT2D eigenvalue weighted by atomic mass is 35.5. The molecule has 3 atom stereocenters. The summed E-state index contributed by atoms with van der Waals surface area (Å²) in [6, 6.07) is 26.7. The lowest BCUT2D eigenvalue weighted by molar-refractivity contribution is -0.131. The number of anilines is 1. The fourth-order valence-electron chi connectivity index (χ4n) is 5.11. The monoisotopic (exact) mass is 563 g/mol. The van der Waals surface area contributed by atoms with E-state index in [9.17, 15) is 28.0 Å². The van der Waals surface area contributed by atoms with E-state index < -0.39 is 22.1 Å². The van der Waals surface area contributed by atoms with Crippen molar-refractivity contribution in [3.63, 3.8) is 0 Å². The Hall–Kier alpha value is -3.69. The minimum Gasteiger partial charge on any atom is -0.507 e. The Labute approximate surface area is 231 Å². The molecule has 0 aliphatic carbocycles. The van der Waals surface area contributed by atoms with Crippen LogP contribution in [0.5, 0.6) is 5.75 Å². The number of phenolic OH excluding ortho intramolecular Hbond substituents is 1. The van der Waals surface area contributed by atoms with Gasteiger partial charge in [-0.25, -0.2) is 0 Å². The summed E-state index contributed by atoms with van der Waals surface area (Å²) in [5.74, 6) is -0.516. The molecule has 1 saturated heterocycles. The first-order valence-corrected chi connectivity index (χ1v) is 14.2. The van der Waals surface area contributed by atoms with E-state index in [1.54, 1.807) is 41.3 Å². The molecule has 39 heavy (non-hydrogen) atoms. The van der Waals surface area contributed by atoms with Crippen molar-refractivity contribution >= 4 is 33.3 Å². The van der Waals surface area contributed by atoms with E-state index in [1.807, 2.05) is 36.4 Å². The van der Waals surface area contributed by atoms with Crippen molar-refractivity contribution < 1.29 is 28.0 Å². The largest absolute Gasteiger partial charge is 0.507 e. The minimum absolute atomic E-state index is 0.0330. The Morgan fingerprint density at radius 3 is 2.21 bits per heavy atom. The molecule has 1 amide bonds. The van der Waals surface area contributed by atoms with Crippen molar-refractivity contribution in [2.45, 2.75) is 29.9 Å². The first-order valence-electron chi connectivity index (χ1n) is 12.4. The van der Waals surface area contributed by atoms with Gasteiger partial charge in [0.2, 0.25) is 5.91 Å². The molecule has 4 aromatic carbocycles. The van der Waals surface area contributed by atoms with Gasteiger partial charge in [0.15, 0.2) is 0 Å². The third-order valence-electron chi connectivity index (χ3n) is 7.09. The van der Waals surface area contributed by atoms with Crippen molar-refractivity contribution in [2.24, 2.45) is 5.92 Å². The minimum atomic E-state index is -4.33. The highest BCUT2D eigenvalue weighted by Crippen LogP contribution is 2.47. The second-order valence-corrected chi connectivity index (χ2v) is 11.3. The van der Waals surface area contributed by atoms with Gasteiger partial charge in [-0.2, -0.15) is 8.42 Å². The number of rotatable bonds is 8. The Bertz CT molecular complexity index is 1610. The third-order valence-corrected chi connectivity index (χ3v) is 8.30. The van der Waals surface area contributed by atoms with Gasteiger partial charge in [0.25, 0.3) is 10.1 Å². The number of phenols is 1.